The molecule has 4 heteroatoms. The Morgan fingerprint density at radius 1 is 1.20 bits per heavy atom. The molecule has 0 atom stereocenters. The quantitative estimate of drug-likeness (QED) is 0.878. The summed E-state index contributed by atoms with van der Waals surface area (Å²) in [5.41, 5.74) is 7.91. The molecule has 0 aliphatic carbocycles. The molecular formula is C16H17ClN2O. The number of likely N-dealkylation sites (N-methyl/N-ethyl adjacent to an activating group) is 1. The summed E-state index contributed by atoms with van der Waals surface area (Å²) in [7, 11) is 1.79. The van der Waals surface area contributed by atoms with Gasteiger partial charge in [-0.1, -0.05) is 41.9 Å². The lowest BCUT2D eigenvalue weighted by Crippen LogP contribution is -2.28. The number of amides is 1. The second-order valence-electron chi connectivity index (χ2n) is 4.70. The van der Waals surface area contributed by atoms with Crippen molar-refractivity contribution in [1.29, 1.82) is 0 Å². The molecule has 0 aliphatic rings. The van der Waals surface area contributed by atoms with Crippen LogP contribution in [0.2, 0.25) is 5.02 Å². The van der Waals surface area contributed by atoms with E-state index < -0.39 is 0 Å². The first-order valence-corrected chi connectivity index (χ1v) is 6.80. The standard InChI is InChI=1S/C16H17ClN2O/c1-19(10-9-12-5-3-2-4-6-12)16(20)13-7-8-14(17)15(18)11-13/h2-8,11H,9-10,18H2,1H3. The minimum Gasteiger partial charge on any atom is -0.398 e. The van der Waals surface area contributed by atoms with Gasteiger partial charge in [-0.25, -0.2) is 0 Å². The molecule has 0 saturated heterocycles. The monoisotopic (exact) mass is 288 g/mol. The van der Waals surface area contributed by atoms with Crippen LogP contribution in [-0.4, -0.2) is 24.4 Å². The van der Waals surface area contributed by atoms with Crippen molar-refractivity contribution in [3.8, 4) is 0 Å². The van der Waals surface area contributed by atoms with Crippen molar-refractivity contribution >= 4 is 23.2 Å². The van der Waals surface area contributed by atoms with Crippen LogP contribution in [-0.2, 0) is 6.42 Å². The van der Waals surface area contributed by atoms with E-state index in [1.54, 1.807) is 30.1 Å². The Morgan fingerprint density at radius 3 is 2.55 bits per heavy atom. The lowest BCUT2D eigenvalue weighted by atomic mass is 10.1. The smallest absolute Gasteiger partial charge is 0.253 e. The van der Waals surface area contributed by atoms with Crippen LogP contribution in [0.4, 0.5) is 5.69 Å². The molecule has 0 spiro atoms. The topological polar surface area (TPSA) is 46.3 Å². The van der Waals surface area contributed by atoms with Gasteiger partial charge in [-0.3, -0.25) is 4.79 Å². The van der Waals surface area contributed by atoms with Crippen molar-refractivity contribution in [1.82, 2.24) is 4.90 Å². The Labute approximate surface area is 124 Å². The Hall–Kier alpha value is -2.00. The number of hydrogen-bond donors (Lipinski definition) is 1. The van der Waals surface area contributed by atoms with Gasteiger partial charge in [0, 0.05) is 19.2 Å². The maximum absolute atomic E-state index is 12.3. The minimum atomic E-state index is -0.0516. The largest absolute Gasteiger partial charge is 0.398 e. The van der Waals surface area contributed by atoms with E-state index in [2.05, 4.69) is 12.1 Å². The van der Waals surface area contributed by atoms with Gasteiger partial charge >= 0.3 is 0 Å². The summed E-state index contributed by atoms with van der Waals surface area (Å²) < 4.78 is 0. The second kappa shape index (κ2) is 6.44. The van der Waals surface area contributed by atoms with Crippen LogP contribution in [0.15, 0.2) is 48.5 Å². The van der Waals surface area contributed by atoms with Gasteiger partial charge in [0.05, 0.1) is 10.7 Å². The SMILES string of the molecule is CN(CCc1ccccc1)C(=O)c1ccc(Cl)c(N)c1. The molecule has 104 valence electrons. The number of halogens is 1. The molecule has 0 aliphatic heterocycles. The number of benzene rings is 2. The third-order valence-electron chi connectivity index (χ3n) is 3.17. The van der Waals surface area contributed by atoms with Gasteiger partial charge in [0.1, 0.15) is 0 Å². The zero-order chi connectivity index (χ0) is 14.5. The molecule has 0 bridgehead atoms. The van der Waals surface area contributed by atoms with E-state index in [1.807, 2.05) is 18.2 Å². The summed E-state index contributed by atoms with van der Waals surface area (Å²) >= 11 is 5.86. The van der Waals surface area contributed by atoms with E-state index in [0.717, 1.165) is 6.42 Å². The number of nitrogens with two attached hydrogens (primary N) is 1. The van der Waals surface area contributed by atoms with E-state index >= 15 is 0 Å². The van der Waals surface area contributed by atoms with Crippen LogP contribution in [0.5, 0.6) is 0 Å². The lowest BCUT2D eigenvalue weighted by Gasteiger charge is -2.17. The molecule has 2 aromatic carbocycles. The fourth-order valence-electron chi connectivity index (χ4n) is 1.94. The van der Waals surface area contributed by atoms with Crippen molar-refractivity contribution in [3.05, 3.63) is 64.7 Å². The molecular weight excluding hydrogens is 272 g/mol. The predicted octanol–water partition coefficient (Wildman–Crippen LogP) is 3.24. The van der Waals surface area contributed by atoms with Crippen LogP contribution in [0, 0.1) is 0 Å². The van der Waals surface area contributed by atoms with E-state index in [1.165, 1.54) is 5.56 Å². The van der Waals surface area contributed by atoms with Gasteiger partial charge in [0.15, 0.2) is 0 Å². The van der Waals surface area contributed by atoms with Crippen molar-refractivity contribution in [2.75, 3.05) is 19.3 Å². The van der Waals surface area contributed by atoms with Gasteiger partial charge < -0.3 is 10.6 Å². The zero-order valence-electron chi connectivity index (χ0n) is 11.3. The highest BCUT2D eigenvalue weighted by atomic mass is 35.5. The van der Waals surface area contributed by atoms with Crippen LogP contribution < -0.4 is 5.73 Å². The maximum Gasteiger partial charge on any atom is 0.253 e. The van der Waals surface area contributed by atoms with Gasteiger partial charge in [-0.2, -0.15) is 0 Å². The van der Waals surface area contributed by atoms with Gasteiger partial charge in [0.2, 0.25) is 0 Å². The van der Waals surface area contributed by atoms with E-state index in [4.69, 9.17) is 17.3 Å². The number of rotatable bonds is 4. The summed E-state index contributed by atoms with van der Waals surface area (Å²) in [6, 6.07) is 15.0. The van der Waals surface area contributed by atoms with Gasteiger partial charge in [-0.05, 0) is 30.2 Å². The number of nitrogens with zero attached hydrogens (tertiary/aromatic N) is 1. The predicted molar refractivity (Wildman–Crippen MR) is 83.0 cm³/mol. The van der Waals surface area contributed by atoms with Gasteiger partial charge in [0.25, 0.3) is 5.91 Å². The first-order valence-electron chi connectivity index (χ1n) is 6.42. The Balaban J connectivity index is 1.99. The van der Waals surface area contributed by atoms with E-state index in [9.17, 15) is 4.79 Å². The first-order chi connectivity index (χ1) is 9.58. The van der Waals surface area contributed by atoms with Crippen LogP contribution in [0.1, 0.15) is 15.9 Å². The zero-order valence-corrected chi connectivity index (χ0v) is 12.1. The summed E-state index contributed by atoms with van der Waals surface area (Å²) in [6.45, 7) is 0.658. The molecule has 0 heterocycles. The molecule has 0 radical (unpaired) electrons. The summed E-state index contributed by atoms with van der Waals surface area (Å²) in [6.07, 6.45) is 0.826. The minimum absolute atomic E-state index is 0.0516. The normalized spacial score (nSPS) is 10.3. The number of hydrogen-bond acceptors (Lipinski definition) is 2. The maximum atomic E-state index is 12.3. The average molecular weight is 289 g/mol. The van der Waals surface area contributed by atoms with Crippen molar-refractivity contribution < 1.29 is 4.79 Å². The Morgan fingerprint density at radius 2 is 1.90 bits per heavy atom. The van der Waals surface area contributed by atoms with Crippen molar-refractivity contribution in [2.45, 2.75) is 6.42 Å². The molecule has 0 unspecified atom stereocenters. The molecule has 1 amide bonds. The molecule has 0 fully saturated rings. The molecule has 2 aromatic rings. The molecule has 0 aromatic heterocycles. The van der Waals surface area contributed by atoms with Crippen LogP contribution in [0.25, 0.3) is 0 Å². The van der Waals surface area contributed by atoms with Crippen molar-refractivity contribution in [2.24, 2.45) is 0 Å². The van der Waals surface area contributed by atoms with Crippen LogP contribution >= 0.6 is 11.6 Å². The number of carbonyl (C=O) groups excluding carboxylic acids is 1. The molecule has 20 heavy (non-hydrogen) atoms. The number of anilines is 1. The highest BCUT2D eigenvalue weighted by Gasteiger charge is 2.12. The highest BCUT2D eigenvalue weighted by Crippen LogP contribution is 2.20. The van der Waals surface area contributed by atoms with E-state index in [0.29, 0.717) is 22.8 Å². The second-order valence-corrected chi connectivity index (χ2v) is 5.11. The van der Waals surface area contributed by atoms with Crippen molar-refractivity contribution in [3.63, 3.8) is 0 Å². The Kier molecular flexibility index (Phi) is 4.64. The molecule has 2 N–H and O–H groups in total. The van der Waals surface area contributed by atoms with E-state index in [-0.39, 0.29) is 5.91 Å². The molecule has 0 saturated carbocycles. The fraction of sp³-hybridized carbons (Fsp3) is 0.188. The summed E-state index contributed by atoms with van der Waals surface area (Å²) in [5, 5.41) is 0.466. The van der Waals surface area contributed by atoms with Gasteiger partial charge in [-0.15, -0.1) is 0 Å². The third-order valence-corrected chi connectivity index (χ3v) is 3.51. The summed E-state index contributed by atoms with van der Waals surface area (Å²) in [5.74, 6) is -0.0516. The number of carbonyl (C=O) groups is 1. The molecule has 3 nitrogen and oxygen atoms in total. The third kappa shape index (κ3) is 3.52. The number of nitrogen functional groups attached to an aromatic ring is 1. The fourth-order valence-corrected chi connectivity index (χ4v) is 2.06. The first kappa shape index (κ1) is 14.4. The molecule has 2 rings (SSSR count). The lowest BCUT2D eigenvalue weighted by molar-refractivity contribution is 0.0796. The average Bonchev–Trinajstić information content (AvgIpc) is 2.48. The van der Waals surface area contributed by atoms with Crippen LogP contribution in [0.3, 0.4) is 0 Å². The Bertz CT molecular complexity index is 599. The summed E-state index contributed by atoms with van der Waals surface area (Å²) in [4.78, 5) is 13.9. The highest BCUT2D eigenvalue weighted by molar-refractivity contribution is 6.33.